The largest absolute Gasteiger partial charge is 0.436 e. The average molecular weight is 449 g/mol. The van der Waals surface area contributed by atoms with Gasteiger partial charge in [-0.15, -0.1) is 0 Å². The molecule has 0 amide bonds. The number of hydrogen-bond donors (Lipinski definition) is 0. The number of aromatic nitrogens is 2. The molecule has 0 N–H and O–H groups in total. The van der Waals surface area contributed by atoms with Gasteiger partial charge in [0.15, 0.2) is 0 Å². The quantitative estimate of drug-likeness (QED) is 0.224. The molecule has 5 heteroatoms. The predicted molar refractivity (Wildman–Crippen MR) is 137 cm³/mol. The molecule has 3 nitrogen and oxygen atoms in total. The second-order valence-corrected chi connectivity index (χ2v) is 8.39. The van der Waals surface area contributed by atoms with Crippen LogP contribution in [-0.2, 0) is 0 Å². The van der Waals surface area contributed by atoms with Gasteiger partial charge in [-0.05, 0) is 18.2 Å². The summed E-state index contributed by atoms with van der Waals surface area (Å²) in [5.41, 5.74) is 6.34. The van der Waals surface area contributed by atoms with E-state index < -0.39 is 0 Å². The zero-order valence-corrected chi connectivity index (χ0v) is 18.5. The summed E-state index contributed by atoms with van der Waals surface area (Å²) in [6.45, 7) is 0. The minimum absolute atomic E-state index is 0.576. The molecule has 0 spiro atoms. The third-order valence-corrected chi connectivity index (χ3v) is 6.51. The van der Waals surface area contributed by atoms with Gasteiger partial charge in [0.05, 0.1) is 9.73 Å². The Morgan fingerprint density at radius 1 is 0.750 bits per heavy atom. The van der Waals surface area contributed by atoms with E-state index in [4.69, 9.17) is 33.8 Å². The molecule has 0 fully saturated rings. The number of para-hydroxylation sites is 1. The van der Waals surface area contributed by atoms with Gasteiger partial charge in [0.1, 0.15) is 17.1 Å². The van der Waals surface area contributed by atoms with Gasteiger partial charge >= 0.3 is 0 Å². The highest BCUT2D eigenvalue weighted by molar-refractivity contribution is 7.84. The van der Waals surface area contributed by atoms with Crippen LogP contribution in [0.4, 0.5) is 0 Å². The molecule has 6 rings (SSSR count). The number of imidazole rings is 1. The van der Waals surface area contributed by atoms with Gasteiger partial charge in [0, 0.05) is 34.0 Å². The summed E-state index contributed by atoms with van der Waals surface area (Å²) < 4.78 is 8.24. The van der Waals surface area contributed by atoms with Gasteiger partial charge < -0.3 is 4.42 Å². The van der Waals surface area contributed by atoms with E-state index in [1.54, 1.807) is 0 Å². The molecule has 152 valence electrons. The molecule has 32 heavy (non-hydrogen) atoms. The lowest BCUT2D eigenvalue weighted by Gasteiger charge is -2.07. The van der Waals surface area contributed by atoms with Crippen molar-refractivity contribution in [1.29, 1.82) is 0 Å². The fourth-order valence-corrected chi connectivity index (χ4v) is 4.85. The van der Waals surface area contributed by atoms with Crippen molar-refractivity contribution >= 4 is 51.5 Å². The number of fused-ring (bicyclic) bond motifs is 2. The lowest BCUT2D eigenvalue weighted by Crippen LogP contribution is -2.02. The van der Waals surface area contributed by atoms with Crippen molar-refractivity contribution in [3.05, 3.63) is 114 Å². The van der Waals surface area contributed by atoms with Crippen molar-refractivity contribution in [2.45, 2.75) is 0 Å². The molecule has 0 saturated carbocycles. The van der Waals surface area contributed by atoms with E-state index in [2.05, 4.69) is 16.7 Å². The molecule has 1 aliphatic rings. The molecule has 5 aromatic rings. The Kier molecular flexibility index (Phi) is 4.45. The summed E-state index contributed by atoms with van der Waals surface area (Å²) >= 11 is 11.5. The molecular formula is C27H16N2OS2. The number of hydrogen-bond acceptors (Lipinski definition) is 4. The Hall–Kier alpha value is -3.67. The molecule has 0 bridgehead atoms. The van der Waals surface area contributed by atoms with Gasteiger partial charge in [-0.2, -0.15) is 4.98 Å². The van der Waals surface area contributed by atoms with E-state index in [1.165, 1.54) is 0 Å². The molecule has 3 aromatic carbocycles. The van der Waals surface area contributed by atoms with Gasteiger partial charge in [-0.3, -0.25) is 4.57 Å². The van der Waals surface area contributed by atoms with E-state index in [0.717, 1.165) is 54.8 Å². The maximum atomic E-state index is 6.15. The number of allylic oxidation sites excluding steroid dienone is 1. The Labute approximate surface area is 195 Å². The summed E-state index contributed by atoms with van der Waals surface area (Å²) in [5, 5.41) is 0. The van der Waals surface area contributed by atoms with Crippen LogP contribution in [0.15, 0.2) is 101 Å². The fourth-order valence-electron chi connectivity index (χ4n) is 4.11. The zero-order chi connectivity index (χ0) is 21.7. The van der Waals surface area contributed by atoms with Crippen molar-refractivity contribution in [1.82, 2.24) is 9.55 Å². The van der Waals surface area contributed by atoms with Crippen LogP contribution in [0.3, 0.4) is 0 Å². The lowest BCUT2D eigenvalue weighted by molar-refractivity contribution is 0.619. The van der Waals surface area contributed by atoms with Crippen molar-refractivity contribution < 1.29 is 4.42 Å². The lowest BCUT2D eigenvalue weighted by atomic mass is 10.1. The van der Waals surface area contributed by atoms with Gasteiger partial charge in [0.2, 0.25) is 5.71 Å². The Morgan fingerprint density at radius 2 is 1.34 bits per heavy atom. The van der Waals surface area contributed by atoms with E-state index in [-0.39, 0.29) is 0 Å². The SMILES string of the molecule is S=C1C(=Cc2nc3oc(-c4ccccc4)cc3n2-c2ccccc2)C(=S)c2ccccc21. The molecule has 0 atom stereocenters. The number of nitrogens with zero attached hydrogens (tertiary/aromatic N) is 2. The molecule has 2 aromatic heterocycles. The monoisotopic (exact) mass is 448 g/mol. The smallest absolute Gasteiger partial charge is 0.246 e. The molecule has 2 heterocycles. The molecule has 1 aliphatic carbocycles. The normalized spacial score (nSPS) is 13.1. The third kappa shape index (κ3) is 2.98. The van der Waals surface area contributed by atoms with Crippen LogP contribution in [-0.4, -0.2) is 19.3 Å². The maximum absolute atomic E-state index is 6.15. The first-order valence-corrected chi connectivity index (χ1v) is 11.1. The van der Waals surface area contributed by atoms with Crippen LogP contribution in [0.5, 0.6) is 0 Å². The average Bonchev–Trinajstić information content (AvgIpc) is 3.47. The molecule has 0 aliphatic heterocycles. The first kappa shape index (κ1) is 19.0. The van der Waals surface area contributed by atoms with Crippen LogP contribution < -0.4 is 0 Å². The maximum Gasteiger partial charge on any atom is 0.246 e. The van der Waals surface area contributed by atoms with Crippen molar-refractivity contribution in [2.75, 3.05) is 0 Å². The topological polar surface area (TPSA) is 31.0 Å². The van der Waals surface area contributed by atoms with Crippen LogP contribution in [0.2, 0.25) is 0 Å². The molecular weight excluding hydrogens is 432 g/mol. The summed E-state index contributed by atoms with van der Waals surface area (Å²) in [6, 6.07) is 30.2. The van der Waals surface area contributed by atoms with E-state index in [0.29, 0.717) is 5.71 Å². The van der Waals surface area contributed by atoms with Crippen LogP contribution in [0, 0.1) is 0 Å². The summed E-state index contributed by atoms with van der Waals surface area (Å²) in [6.07, 6.45) is 1.98. The first-order valence-electron chi connectivity index (χ1n) is 10.2. The third-order valence-electron chi connectivity index (χ3n) is 5.63. The molecule has 0 saturated heterocycles. The summed E-state index contributed by atoms with van der Waals surface area (Å²) in [7, 11) is 0. The number of rotatable bonds is 3. The van der Waals surface area contributed by atoms with Gasteiger partial charge in [-0.25, -0.2) is 0 Å². The van der Waals surface area contributed by atoms with Crippen molar-refractivity contribution in [2.24, 2.45) is 0 Å². The van der Waals surface area contributed by atoms with E-state index >= 15 is 0 Å². The highest BCUT2D eigenvalue weighted by Gasteiger charge is 2.27. The first-order chi connectivity index (χ1) is 15.7. The van der Waals surface area contributed by atoms with E-state index in [9.17, 15) is 0 Å². The van der Waals surface area contributed by atoms with Crippen LogP contribution >= 0.6 is 24.4 Å². The molecule has 0 unspecified atom stereocenters. The minimum atomic E-state index is 0.576. The van der Waals surface area contributed by atoms with Crippen LogP contribution in [0.25, 0.3) is 34.3 Å². The van der Waals surface area contributed by atoms with Gasteiger partial charge in [-0.1, -0.05) is 97.2 Å². The van der Waals surface area contributed by atoms with Crippen molar-refractivity contribution in [3.63, 3.8) is 0 Å². The van der Waals surface area contributed by atoms with Gasteiger partial charge in [0.25, 0.3) is 0 Å². The molecule has 0 radical (unpaired) electrons. The number of thiocarbonyl (C=S) groups is 2. The highest BCUT2D eigenvalue weighted by atomic mass is 32.1. The number of benzene rings is 3. The summed E-state index contributed by atoms with van der Waals surface area (Å²) in [5.74, 6) is 1.52. The Bertz CT molecular complexity index is 1510. The Balaban J connectivity index is 1.55. The second-order valence-electron chi connectivity index (χ2n) is 7.57. The highest BCUT2D eigenvalue weighted by Crippen LogP contribution is 2.33. The number of furan rings is 1. The van der Waals surface area contributed by atoms with Crippen molar-refractivity contribution in [3.8, 4) is 17.0 Å². The zero-order valence-electron chi connectivity index (χ0n) is 16.9. The predicted octanol–water partition coefficient (Wildman–Crippen LogP) is 6.82. The minimum Gasteiger partial charge on any atom is -0.436 e. The summed E-state index contributed by atoms with van der Waals surface area (Å²) in [4.78, 5) is 6.35. The van der Waals surface area contributed by atoms with E-state index in [1.807, 2.05) is 84.9 Å². The Morgan fingerprint density at radius 3 is 2.00 bits per heavy atom. The van der Waals surface area contributed by atoms with Crippen LogP contribution in [0.1, 0.15) is 17.0 Å². The standard InChI is InChI=1S/C27H16N2OS2/c31-25-19-13-7-8-14-20(19)26(32)21(25)15-24-28-27-22(29(24)18-11-5-2-6-12-18)16-23(30-27)17-9-3-1-4-10-17/h1-16H. The second kappa shape index (κ2) is 7.48. The fraction of sp³-hybridized carbons (Fsp3) is 0.